The summed E-state index contributed by atoms with van der Waals surface area (Å²) in [4.78, 5) is 13.9. The summed E-state index contributed by atoms with van der Waals surface area (Å²) in [6.45, 7) is 0.759. The molecule has 20 heavy (non-hydrogen) atoms. The Labute approximate surface area is 120 Å². The molecule has 1 saturated carbocycles. The number of nitrogens with zero attached hydrogens (tertiary/aromatic N) is 1. The number of likely N-dealkylation sites (N-methyl/N-ethyl adjacent to an activating group) is 1. The first kappa shape index (κ1) is 13.4. The summed E-state index contributed by atoms with van der Waals surface area (Å²) < 4.78 is 0. The van der Waals surface area contributed by atoms with Crippen molar-refractivity contribution in [3.8, 4) is 0 Å². The monoisotopic (exact) mass is 273 g/mol. The number of carbonyl (C=O) groups excluding carboxylic acids is 1. The minimum Gasteiger partial charge on any atom is -0.336 e. The second kappa shape index (κ2) is 5.09. The molecule has 1 aliphatic carbocycles. The van der Waals surface area contributed by atoms with Gasteiger partial charge in [0.25, 0.3) is 0 Å². The van der Waals surface area contributed by atoms with Crippen LogP contribution in [0.5, 0.6) is 0 Å². The molecular weight excluding hydrogens is 250 g/mol. The zero-order valence-electron chi connectivity index (χ0n) is 12.2. The Kier molecular flexibility index (Phi) is 3.42. The summed E-state index contributed by atoms with van der Waals surface area (Å²) in [6, 6.07) is 11.2. The number of amides is 2. The summed E-state index contributed by atoms with van der Waals surface area (Å²) in [5, 5.41) is 6.09. The van der Waals surface area contributed by atoms with Gasteiger partial charge in [0.1, 0.15) is 0 Å². The maximum Gasteiger partial charge on any atom is 0.315 e. The van der Waals surface area contributed by atoms with Crippen LogP contribution >= 0.6 is 0 Å². The van der Waals surface area contributed by atoms with Gasteiger partial charge >= 0.3 is 6.03 Å². The lowest BCUT2D eigenvalue weighted by Crippen LogP contribution is -2.52. The third-order valence-electron chi connectivity index (χ3n) is 4.85. The Bertz CT molecular complexity index is 488. The molecule has 1 heterocycles. The van der Waals surface area contributed by atoms with Gasteiger partial charge in [-0.15, -0.1) is 0 Å². The predicted molar refractivity (Wildman–Crippen MR) is 79.8 cm³/mol. The van der Waals surface area contributed by atoms with Crippen molar-refractivity contribution < 1.29 is 4.79 Å². The van der Waals surface area contributed by atoms with E-state index in [1.165, 1.54) is 5.56 Å². The average Bonchev–Trinajstić information content (AvgIpc) is 2.80. The fraction of sp³-hybridized carbons (Fsp3) is 0.562. The first-order valence-corrected chi connectivity index (χ1v) is 7.37. The molecule has 0 bridgehead atoms. The molecule has 2 unspecified atom stereocenters. The maximum absolute atomic E-state index is 11.5. The lowest BCUT2D eigenvalue weighted by Gasteiger charge is -2.44. The molecule has 1 aliphatic heterocycles. The van der Waals surface area contributed by atoms with Gasteiger partial charge in [0.05, 0.1) is 5.54 Å². The zero-order chi connectivity index (χ0) is 14.2. The molecule has 2 aliphatic rings. The van der Waals surface area contributed by atoms with Crippen LogP contribution < -0.4 is 10.6 Å². The molecular formula is C16H23N3O. The van der Waals surface area contributed by atoms with E-state index in [2.05, 4.69) is 60.0 Å². The first-order chi connectivity index (χ1) is 9.60. The smallest absolute Gasteiger partial charge is 0.315 e. The van der Waals surface area contributed by atoms with Crippen molar-refractivity contribution in [2.24, 2.45) is 0 Å². The Morgan fingerprint density at radius 2 is 2.00 bits per heavy atom. The highest BCUT2D eigenvalue weighted by Crippen LogP contribution is 2.41. The molecule has 2 fully saturated rings. The van der Waals surface area contributed by atoms with Crippen molar-refractivity contribution in [2.45, 2.75) is 36.8 Å². The van der Waals surface area contributed by atoms with E-state index >= 15 is 0 Å². The van der Waals surface area contributed by atoms with Crippen LogP contribution in [-0.4, -0.2) is 43.2 Å². The van der Waals surface area contributed by atoms with Crippen LogP contribution in [0, 0.1) is 0 Å². The minimum atomic E-state index is -0.0515. The zero-order valence-corrected chi connectivity index (χ0v) is 12.2. The third-order valence-corrected chi connectivity index (χ3v) is 4.85. The molecule has 4 nitrogen and oxygen atoms in total. The molecule has 0 aromatic heterocycles. The second-order valence-electron chi connectivity index (χ2n) is 6.38. The minimum absolute atomic E-state index is 0.0138. The van der Waals surface area contributed by atoms with Crippen LogP contribution in [0.25, 0.3) is 0 Å². The highest BCUT2D eigenvalue weighted by molar-refractivity contribution is 5.77. The van der Waals surface area contributed by atoms with Crippen molar-refractivity contribution in [2.75, 3.05) is 20.6 Å². The SMILES string of the molecule is CN(C)C1CC[C@]2(CNC(=O)N2)CC1c1ccccc1. The number of hydrogen-bond acceptors (Lipinski definition) is 2. The highest BCUT2D eigenvalue weighted by atomic mass is 16.2. The molecule has 1 spiro atoms. The second-order valence-corrected chi connectivity index (χ2v) is 6.38. The fourth-order valence-electron chi connectivity index (χ4n) is 3.80. The number of benzene rings is 1. The molecule has 1 aromatic carbocycles. The summed E-state index contributed by atoms with van der Waals surface area (Å²) in [7, 11) is 4.31. The van der Waals surface area contributed by atoms with Gasteiger partial charge in [0, 0.05) is 18.5 Å². The van der Waals surface area contributed by atoms with Crippen LogP contribution in [0.2, 0.25) is 0 Å². The Hall–Kier alpha value is -1.55. The number of hydrogen-bond donors (Lipinski definition) is 2. The Morgan fingerprint density at radius 3 is 2.60 bits per heavy atom. The van der Waals surface area contributed by atoms with E-state index in [1.807, 2.05) is 0 Å². The molecule has 108 valence electrons. The van der Waals surface area contributed by atoms with E-state index in [-0.39, 0.29) is 11.6 Å². The average molecular weight is 273 g/mol. The van der Waals surface area contributed by atoms with Crippen molar-refractivity contribution in [1.29, 1.82) is 0 Å². The van der Waals surface area contributed by atoms with Crippen molar-refractivity contribution >= 4 is 6.03 Å². The van der Waals surface area contributed by atoms with E-state index in [0.29, 0.717) is 12.0 Å². The molecule has 3 rings (SSSR count). The van der Waals surface area contributed by atoms with Crippen LogP contribution in [0.4, 0.5) is 4.79 Å². The standard InChI is InChI=1S/C16H23N3O/c1-19(2)14-8-9-16(11-17-15(20)18-16)10-13(14)12-6-4-3-5-7-12/h3-7,13-14H,8-11H2,1-2H3,(H2,17,18,20)/t13?,14?,16-/m1/s1. The normalized spacial score (nSPS) is 33.2. The topological polar surface area (TPSA) is 44.4 Å². The number of nitrogens with one attached hydrogen (secondary N) is 2. The van der Waals surface area contributed by atoms with Crippen LogP contribution in [-0.2, 0) is 0 Å². The molecule has 3 atom stereocenters. The lowest BCUT2D eigenvalue weighted by molar-refractivity contribution is 0.142. The summed E-state index contributed by atoms with van der Waals surface area (Å²) in [5.41, 5.74) is 1.33. The molecule has 0 radical (unpaired) electrons. The van der Waals surface area contributed by atoms with Gasteiger partial charge in [-0.1, -0.05) is 30.3 Å². The molecule has 2 N–H and O–H groups in total. The maximum atomic E-state index is 11.5. The Morgan fingerprint density at radius 1 is 1.25 bits per heavy atom. The van der Waals surface area contributed by atoms with Crippen LogP contribution in [0.15, 0.2) is 30.3 Å². The van der Waals surface area contributed by atoms with Gasteiger partial charge in [0.2, 0.25) is 0 Å². The van der Waals surface area contributed by atoms with Crippen LogP contribution in [0.1, 0.15) is 30.7 Å². The predicted octanol–water partition coefficient (Wildman–Crippen LogP) is 1.94. The van der Waals surface area contributed by atoms with E-state index in [1.54, 1.807) is 0 Å². The highest BCUT2D eigenvalue weighted by Gasteiger charge is 2.45. The third kappa shape index (κ3) is 2.40. The number of rotatable bonds is 2. The van der Waals surface area contributed by atoms with E-state index < -0.39 is 0 Å². The van der Waals surface area contributed by atoms with Gasteiger partial charge in [-0.3, -0.25) is 0 Å². The molecule has 1 saturated heterocycles. The summed E-state index contributed by atoms with van der Waals surface area (Å²) in [5.74, 6) is 0.472. The molecule has 2 amide bonds. The molecule has 4 heteroatoms. The van der Waals surface area contributed by atoms with E-state index in [0.717, 1.165) is 25.8 Å². The van der Waals surface area contributed by atoms with Crippen molar-refractivity contribution in [1.82, 2.24) is 15.5 Å². The van der Waals surface area contributed by atoms with Crippen molar-refractivity contribution in [3.05, 3.63) is 35.9 Å². The Balaban J connectivity index is 1.87. The fourth-order valence-corrected chi connectivity index (χ4v) is 3.80. The van der Waals surface area contributed by atoms with Gasteiger partial charge in [-0.2, -0.15) is 0 Å². The van der Waals surface area contributed by atoms with E-state index in [9.17, 15) is 4.79 Å². The first-order valence-electron chi connectivity index (χ1n) is 7.37. The summed E-state index contributed by atoms with van der Waals surface area (Å²) >= 11 is 0. The van der Waals surface area contributed by atoms with Crippen LogP contribution in [0.3, 0.4) is 0 Å². The van der Waals surface area contributed by atoms with Crippen molar-refractivity contribution in [3.63, 3.8) is 0 Å². The van der Waals surface area contributed by atoms with Gasteiger partial charge in [0.15, 0.2) is 0 Å². The number of urea groups is 1. The van der Waals surface area contributed by atoms with Gasteiger partial charge in [-0.25, -0.2) is 4.79 Å². The van der Waals surface area contributed by atoms with E-state index in [4.69, 9.17) is 0 Å². The number of carbonyl (C=O) groups is 1. The van der Waals surface area contributed by atoms with Gasteiger partial charge < -0.3 is 15.5 Å². The van der Waals surface area contributed by atoms with Gasteiger partial charge in [-0.05, 0) is 38.9 Å². The molecule has 1 aromatic rings. The lowest BCUT2D eigenvalue weighted by atomic mass is 9.70. The summed E-state index contributed by atoms with van der Waals surface area (Å²) in [6.07, 6.45) is 3.19. The quantitative estimate of drug-likeness (QED) is 0.865. The largest absolute Gasteiger partial charge is 0.336 e.